The van der Waals surface area contributed by atoms with E-state index in [1.54, 1.807) is 12.1 Å². The second-order valence-electron chi connectivity index (χ2n) is 3.88. The number of carbonyl (C=O) groups is 2. The summed E-state index contributed by atoms with van der Waals surface area (Å²) < 4.78 is 9.45. The van der Waals surface area contributed by atoms with Crippen LogP contribution in [0.15, 0.2) is 18.2 Å². The van der Waals surface area contributed by atoms with Gasteiger partial charge in [-0.2, -0.15) is 0 Å². The molecular weight excluding hydrogens is 224 g/mol. The molecule has 5 nitrogen and oxygen atoms in total. The molecule has 0 amide bonds. The normalized spacial score (nSPS) is 22.2. The van der Waals surface area contributed by atoms with Gasteiger partial charge in [0.25, 0.3) is 0 Å². The summed E-state index contributed by atoms with van der Waals surface area (Å²) in [5.74, 6) is -1.07. The highest BCUT2D eigenvalue weighted by atomic mass is 16.5. The van der Waals surface area contributed by atoms with Gasteiger partial charge in [0, 0.05) is 12.0 Å². The number of carbonyl (C=O) groups excluding carboxylic acids is 2. The van der Waals surface area contributed by atoms with Gasteiger partial charge in [0.15, 0.2) is 0 Å². The Bertz CT molecular complexity index is 494. The van der Waals surface area contributed by atoms with Crippen molar-refractivity contribution in [2.24, 2.45) is 0 Å². The molecule has 1 aromatic rings. The summed E-state index contributed by atoms with van der Waals surface area (Å²) in [6, 6.07) is 4.85. The van der Waals surface area contributed by atoms with Crippen LogP contribution in [0.25, 0.3) is 0 Å². The minimum Gasteiger partial charge on any atom is -0.497 e. The molecule has 17 heavy (non-hydrogen) atoms. The number of aliphatic hydroxyl groups is 1. The molecule has 1 aliphatic rings. The van der Waals surface area contributed by atoms with Crippen LogP contribution in [-0.2, 0) is 16.0 Å². The van der Waals surface area contributed by atoms with Crippen LogP contribution >= 0.6 is 0 Å². The number of ketones is 1. The summed E-state index contributed by atoms with van der Waals surface area (Å²) in [6.45, 7) is 0. The van der Waals surface area contributed by atoms with Gasteiger partial charge < -0.3 is 14.6 Å². The Morgan fingerprint density at radius 2 is 2.12 bits per heavy atom. The number of methoxy groups -OCH3 is 2. The molecule has 1 atom stereocenters. The smallest absolute Gasteiger partial charge is 0.346 e. The van der Waals surface area contributed by atoms with E-state index in [0.717, 1.165) is 7.11 Å². The Kier molecular flexibility index (Phi) is 2.63. The number of hydrogen-bond acceptors (Lipinski definition) is 5. The highest BCUT2D eigenvalue weighted by Crippen LogP contribution is 2.33. The number of ether oxygens (including phenoxy) is 2. The maximum atomic E-state index is 12.0. The highest BCUT2D eigenvalue weighted by Gasteiger charge is 2.51. The van der Waals surface area contributed by atoms with Crippen molar-refractivity contribution in [3.8, 4) is 5.75 Å². The fraction of sp³-hybridized carbons (Fsp3) is 0.333. The van der Waals surface area contributed by atoms with Crippen molar-refractivity contribution < 1.29 is 24.2 Å². The van der Waals surface area contributed by atoms with Gasteiger partial charge in [-0.1, -0.05) is 6.07 Å². The molecule has 0 saturated carbocycles. The predicted octanol–water partition coefficient (Wildman–Crippen LogP) is 0.338. The van der Waals surface area contributed by atoms with E-state index in [-0.39, 0.29) is 6.42 Å². The third-order valence-corrected chi connectivity index (χ3v) is 2.91. The fourth-order valence-corrected chi connectivity index (χ4v) is 1.96. The van der Waals surface area contributed by atoms with Crippen LogP contribution in [0.2, 0.25) is 0 Å². The number of esters is 1. The van der Waals surface area contributed by atoms with Gasteiger partial charge in [0.2, 0.25) is 11.4 Å². The molecule has 0 spiro atoms. The van der Waals surface area contributed by atoms with E-state index in [1.165, 1.54) is 13.2 Å². The first-order valence-corrected chi connectivity index (χ1v) is 5.05. The quantitative estimate of drug-likeness (QED) is 0.592. The lowest BCUT2D eigenvalue weighted by Gasteiger charge is -2.16. The van der Waals surface area contributed by atoms with Crippen LogP contribution in [0, 0.1) is 0 Å². The molecule has 0 aromatic heterocycles. The third-order valence-electron chi connectivity index (χ3n) is 2.91. The minimum atomic E-state index is -2.09. The Labute approximate surface area is 98.0 Å². The first-order valence-electron chi connectivity index (χ1n) is 5.05. The Hall–Kier alpha value is -1.88. The maximum Gasteiger partial charge on any atom is 0.346 e. The molecule has 2 rings (SSSR count). The van der Waals surface area contributed by atoms with E-state index in [2.05, 4.69) is 4.74 Å². The van der Waals surface area contributed by atoms with Gasteiger partial charge in [-0.3, -0.25) is 4.79 Å². The average Bonchev–Trinajstić information content (AvgIpc) is 2.61. The predicted molar refractivity (Wildman–Crippen MR) is 58.0 cm³/mol. The maximum absolute atomic E-state index is 12.0. The van der Waals surface area contributed by atoms with Crippen molar-refractivity contribution in [2.75, 3.05) is 14.2 Å². The van der Waals surface area contributed by atoms with Crippen molar-refractivity contribution in [3.05, 3.63) is 29.3 Å². The molecule has 0 bridgehead atoms. The van der Waals surface area contributed by atoms with Gasteiger partial charge in [0.05, 0.1) is 14.2 Å². The molecule has 1 aliphatic carbocycles. The van der Waals surface area contributed by atoms with Gasteiger partial charge in [-0.25, -0.2) is 4.79 Å². The lowest BCUT2D eigenvalue weighted by molar-refractivity contribution is -0.156. The average molecular weight is 236 g/mol. The zero-order valence-electron chi connectivity index (χ0n) is 9.52. The van der Waals surface area contributed by atoms with E-state index < -0.39 is 17.4 Å². The molecule has 0 heterocycles. The topological polar surface area (TPSA) is 72.8 Å². The molecule has 1 N–H and O–H groups in total. The third kappa shape index (κ3) is 1.59. The summed E-state index contributed by atoms with van der Waals surface area (Å²) in [5, 5.41) is 10.0. The fourth-order valence-electron chi connectivity index (χ4n) is 1.96. The van der Waals surface area contributed by atoms with E-state index >= 15 is 0 Å². The SMILES string of the molecule is COC(=O)[C@@]1(O)Cc2ccc(OC)cc2C1=O. The molecular formula is C12H12O5. The molecule has 0 aliphatic heterocycles. The second kappa shape index (κ2) is 3.85. The van der Waals surface area contributed by atoms with Crippen molar-refractivity contribution in [2.45, 2.75) is 12.0 Å². The lowest BCUT2D eigenvalue weighted by atomic mass is 10.00. The van der Waals surface area contributed by atoms with Gasteiger partial charge in [0.1, 0.15) is 5.75 Å². The van der Waals surface area contributed by atoms with Gasteiger partial charge in [-0.05, 0) is 17.7 Å². The van der Waals surface area contributed by atoms with Gasteiger partial charge in [-0.15, -0.1) is 0 Å². The van der Waals surface area contributed by atoms with E-state index in [0.29, 0.717) is 16.9 Å². The van der Waals surface area contributed by atoms with Crippen LogP contribution < -0.4 is 4.74 Å². The number of rotatable bonds is 2. The zero-order valence-corrected chi connectivity index (χ0v) is 9.52. The first-order chi connectivity index (χ1) is 8.02. The molecule has 0 radical (unpaired) electrons. The van der Waals surface area contributed by atoms with Crippen LogP contribution in [0.1, 0.15) is 15.9 Å². The van der Waals surface area contributed by atoms with Crippen molar-refractivity contribution >= 4 is 11.8 Å². The highest BCUT2D eigenvalue weighted by molar-refractivity contribution is 6.18. The molecule has 0 unspecified atom stereocenters. The molecule has 5 heteroatoms. The molecule has 0 fully saturated rings. The summed E-state index contributed by atoms with van der Waals surface area (Å²) in [5.41, 5.74) is -1.18. The minimum absolute atomic E-state index is 0.0577. The van der Waals surface area contributed by atoms with Gasteiger partial charge >= 0.3 is 5.97 Å². The van der Waals surface area contributed by atoms with Crippen molar-refractivity contribution in [1.29, 1.82) is 0 Å². The first kappa shape index (κ1) is 11.6. The van der Waals surface area contributed by atoms with E-state index in [1.807, 2.05) is 0 Å². The summed E-state index contributed by atoms with van der Waals surface area (Å²) in [6.07, 6.45) is -0.0577. The van der Waals surface area contributed by atoms with E-state index in [4.69, 9.17) is 4.74 Å². The number of fused-ring (bicyclic) bond motifs is 1. The monoisotopic (exact) mass is 236 g/mol. The standard InChI is InChI=1S/C12H12O5/c1-16-8-4-3-7-6-12(15,11(14)17-2)10(13)9(7)5-8/h3-5,15H,6H2,1-2H3/t12-/m1/s1. The zero-order chi connectivity index (χ0) is 12.6. The van der Waals surface area contributed by atoms with Crippen LogP contribution in [0.5, 0.6) is 5.75 Å². The number of hydrogen-bond donors (Lipinski definition) is 1. The summed E-state index contributed by atoms with van der Waals surface area (Å²) >= 11 is 0. The largest absolute Gasteiger partial charge is 0.497 e. The molecule has 0 saturated heterocycles. The second-order valence-corrected chi connectivity index (χ2v) is 3.88. The Morgan fingerprint density at radius 1 is 1.41 bits per heavy atom. The van der Waals surface area contributed by atoms with Crippen LogP contribution in [-0.4, -0.2) is 36.7 Å². The number of benzene rings is 1. The van der Waals surface area contributed by atoms with E-state index in [9.17, 15) is 14.7 Å². The van der Waals surface area contributed by atoms with Crippen LogP contribution in [0.3, 0.4) is 0 Å². The Morgan fingerprint density at radius 3 is 2.71 bits per heavy atom. The molecule has 90 valence electrons. The molecule has 1 aromatic carbocycles. The lowest BCUT2D eigenvalue weighted by Crippen LogP contribution is -2.45. The number of Topliss-reactive ketones (excluding diaryl/α,β-unsaturated/α-hetero) is 1. The van der Waals surface area contributed by atoms with Crippen molar-refractivity contribution in [3.63, 3.8) is 0 Å². The summed E-state index contributed by atoms with van der Waals surface area (Å²) in [7, 11) is 2.62. The summed E-state index contributed by atoms with van der Waals surface area (Å²) in [4.78, 5) is 23.4. The van der Waals surface area contributed by atoms with Crippen LogP contribution in [0.4, 0.5) is 0 Å². The van der Waals surface area contributed by atoms with Crippen molar-refractivity contribution in [1.82, 2.24) is 0 Å². The Balaban J connectivity index is 2.45.